The molecule has 148 valence electrons. The van der Waals surface area contributed by atoms with E-state index in [1.165, 1.54) is 40.7 Å². The Balaban J connectivity index is 1.36. The first kappa shape index (κ1) is 18.3. The summed E-state index contributed by atoms with van der Waals surface area (Å²) in [5.74, 6) is 0.622. The topological polar surface area (TPSA) is 64.3 Å². The second kappa shape index (κ2) is 7.57. The molecule has 3 heterocycles. The SMILES string of the molecule is C=C(NOCc1nc2c3c4c(sc3ncn2n1)CCCCC4)c1ccc(C)cc1. The minimum Gasteiger partial charge on any atom is -0.268 e. The van der Waals surface area contributed by atoms with Gasteiger partial charge in [0, 0.05) is 4.88 Å². The number of nitrogens with one attached hydrogen (secondary N) is 1. The zero-order chi connectivity index (χ0) is 19.8. The van der Waals surface area contributed by atoms with Gasteiger partial charge in [0.05, 0.1) is 11.1 Å². The molecule has 0 saturated carbocycles. The maximum atomic E-state index is 5.62. The Morgan fingerprint density at radius 2 is 2.03 bits per heavy atom. The van der Waals surface area contributed by atoms with Crippen LogP contribution >= 0.6 is 11.3 Å². The van der Waals surface area contributed by atoms with Gasteiger partial charge in [-0.05, 0) is 43.7 Å². The first-order chi connectivity index (χ1) is 14.2. The fourth-order valence-corrected chi connectivity index (χ4v) is 5.06. The van der Waals surface area contributed by atoms with E-state index in [1.54, 1.807) is 10.8 Å². The molecule has 5 rings (SSSR count). The van der Waals surface area contributed by atoms with Gasteiger partial charge in [-0.1, -0.05) is 42.8 Å². The van der Waals surface area contributed by atoms with Gasteiger partial charge in [-0.25, -0.2) is 14.5 Å². The second-order valence-electron chi connectivity index (χ2n) is 7.52. The van der Waals surface area contributed by atoms with E-state index in [0.29, 0.717) is 11.5 Å². The molecule has 1 aliphatic rings. The highest BCUT2D eigenvalue weighted by molar-refractivity contribution is 7.19. The highest BCUT2D eigenvalue weighted by Gasteiger charge is 2.20. The zero-order valence-corrected chi connectivity index (χ0v) is 17.3. The van der Waals surface area contributed by atoms with Crippen molar-refractivity contribution < 1.29 is 4.84 Å². The molecule has 0 radical (unpaired) electrons. The molecule has 0 fully saturated rings. The highest BCUT2D eigenvalue weighted by atomic mass is 32.1. The lowest BCUT2D eigenvalue weighted by Crippen LogP contribution is -2.12. The number of aryl methyl sites for hydroxylation is 3. The van der Waals surface area contributed by atoms with E-state index in [4.69, 9.17) is 9.82 Å². The maximum absolute atomic E-state index is 5.62. The summed E-state index contributed by atoms with van der Waals surface area (Å²) in [6.45, 7) is 6.34. The quantitative estimate of drug-likeness (QED) is 0.388. The summed E-state index contributed by atoms with van der Waals surface area (Å²) < 4.78 is 1.77. The molecule has 7 heteroatoms. The summed E-state index contributed by atoms with van der Waals surface area (Å²) in [5, 5.41) is 5.72. The third kappa shape index (κ3) is 3.52. The number of rotatable bonds is 5. The van der Waals surface area contributed by atoms with Crippen molar-refractivity contribution in [2.24, 2.45) is 0 Å². The van der Waals surface area contributed by atoms with Crippen molar-refractivity contribution in [1.29, 1.82) is 0 Å². The molecule has 0 atom stereocenters. The summed E-state index contributed by atoms with van der Waals surface area (Å²) in [4.78, 5) is 17.5. The summed E-state index contributed by atoms with van der Waals surface area (Å²) in [6, 6.07) is 8.13. The van der Waals surface area contributed by atoms with Crippen LogP contribution in [0, 0.1) is 6.92 Å². The molecule has 29 heavy (non-hydrogen) atoms. The van der Waals surface area contributed by atoms with E-state index in [0.717, 1.165) is 28.9 Å². The largest absolute Gasteiger partial charge is 0.268 e. The zero-order valence-electron chi connectivity index (χ0n) is 16.4. The third-order valence-electron chi connectivity index (χ3n) is 5.38. The molecule has 3 aromatic heterocycles. The fraction of sp³-hybridized carbons (Fsp3) is 0.318. The van der Waals surface area contributed by atoms with Gasteiger partial charge in [0.2, 0.25) is 0 Å². The average Bonchev–Trinajstić information content (AvgIpc) is 3.21. The first-order valence-corrected chi connectivity index (χ1v) is 10.8. The van der Waals surface area contributed by atoms with Gasteiger partial charge in [-0.2, -0.15) is 0 Å². The number of aromatic nitrogens is 4. The Kier molecular flexibility index (Phi) is 4.77. The summed E-state index contributed by atoms with van der Waals surface area (Å²) >= 11 is 1.81. The van der Waals surface area contributed by atoms with Crippen LogP contribution < -0.4 is 5.48 Å². The monoisotopic (exact) mass is 405 g/mol. The number of thiophene rings is 1. The van der Waals surface area contributed by atoms with Crippen molar-refractivity contribution in [3.8, 4) is 0 Å². The molecule has 1 aliphatic carbocycles. The van der Waals surface area contributed by atoms with E-state index in [2.05, 4.69) is 29.1 Å². The molecule has 4 aromatic rings. The van der Waals surface area contributed by atoms with Crippen LogP contribution in [0.15, 0.2) is 37.2 Å². The molecule has 0 unspecified atom stereocenters. The lowest BCUT2D eigenvalue weighted by atomic mass is 10.1. The standard InChI is InChI=1S/C22H23N5OS/c1-14-8-10-16(11-9-14)15(2)26-28-12-19-24-21-20-17-6-4-3-5-7-18(17)29-22(20)23-13-27(21)25-19/h8-11,13,26H,2-7,12H2,1H3. The van der Waals surface area contributed by atoms with Gasteiger partial charge in [0.15, 0.2) is 11.5 Å². The Morgan fingerprint density at radius 3 is 2.90 bits per heavy atom. The van der Waals surface area contributed by atoms with Crippen molar-refractivity contribution in [3.63, 3.8) is 0 Å². The molecule has 0 spiro atoms. The van der Waals surface area contributed by atoms with Crippen LogP contribution in [0.4, 0.5) is 0 Å². The summed E-state index contributed by atoms with van der Waals surface area (Å²) in [6.07, 6.45) is 7.79. The number of hydrogen-bond donors (Lipinski definition) is 1. The van der Waals surface area contributed by atoms with Gasteiger partial charge in [0.1, 0.15) is 17.8 Å². The van der Waals surface area contributed by atoms with E-state index in [1.807, 2.05) is 35.6 Å². The van der Waals surface area contributed by atoms with Gasteiger partial charge in [-0.15, -0.1) is 16.4 Å². The third-order valence-corrected chi connectivity index (χ3v) is 6.58. The van der Waals surface area contributed by atoms with Crippen LogP contribution in [0.5, 0.6) is 0 Å². The van der Waals surface area contributed by atoms with E-state index >= 15 is 0 Å². The molecule has 6 nitrogen and oxygen atoms in total. The number of fused-ring (bicyclic) bond motifs is 5. The number of hydrogen-bond acceptors (Lipinski definition) is 6. The van der Waals surface area contributed by atoms with Gasteiger partial charge in [-0.3, -0.25) is 10.3 Å². The summed E-state index contributed by atoms with van der Waals surface area (Å²) in [7, 11) is 0. The van der Waals surface area contributed by atoms with Crippen molar-refractivity contribution >= 4 is 32.9 Å². The lowest BCUT2D eigenvalue weighted by molar-refractivity contribution is 0.0603. The van der Waals surface area contributed by atoms with Crippen LogP contribution in [0.1, 0.15) is 46.7 Å². The van der Waals surface area contributed by atoms with Crippen molar-refractivity contribution in [3.05, 3.63) is 64.6 Å². The van der Waals surface area contributed by atoms with Crippen LogP contribution in [-0.2, 0) is 24.3 Å². The molecular formula is C22H23N5OS. The van der Waals surface area contributed by atoms with Crippen LogP contribution in [-0.4, -0.2) is 19.6 Å². The Bertz CT molecular complexity index is 1190. The van der Waals surface area contributed by atoms with E-state index in [9.17, 15) is 0 Å². The normalized spacial score (nSPS) is 14.1. The number of benzene rings is 1. The molecule has 0 aliphatic heterocycles. The molecular weight excluding hydrogens is 382 g/mol. The van der Waals surface area contributed by atoms with E-state index < -0.39 is 0 Å². The van der Waals surface area contributed by atoms with Gasteiger partial charge < -0.3 is 0 Å². The van der Waals surface area contributed by atoms with Crippen molar-refractivity contribution in [2.45, 2.75) is 45.6 Å². The number of nitrogens with zero attached hydrogens (tertiary/aromatic N) is 4. The van der Waals surface area contributed by atoms with Crippen molar-refractivity contribution in [1.82, 2.24) is 25.1 Å². The van der Waals surface area contributed by atoms with Crippen molar-refractivity contribution in [2.75, 3.05) is 0 Å². The minimum absolute atomic E-state index is 0.250. The molecule has 0 amide bonds. The van der Waals surface area contributed by atoms with Gasteiger partial charge >= 0.3 is 0 Å². The van der Waals surface area contributed by atoms with Crippen LogP contribution in [0.25, 0.3) is 21.6 Å². The smallest absolute Gasteiger partial charge is 0.180 e. The second-order valence-corrected chi connectivity index (χ2v) is 8.60. The highest BCUT2D eigenvalue weighted by Crippen LogP contribution is 2.36. The van der Waals surface area contributed by atoms with Gasteiger partial charge in [0.25, 0.3) is 0 Å². The molecule has 1 aromatic carbocycles. The predicted molar refractivity (Wildman–Crippen MR) is 116 cm³/mol. The Morgan fingerprint density at radius 1 is 1.21 bits per heavy atom. The molecule has 0 saturated heterocycles. The Labute approximate surface area is 173 Å². The predicted octanol–water partition coefficient (Wildman–Crippen LogP) is 4.61. The maximum Gasteiger partial charge on any atom is 0.180 e. The average molecular weight is 406 g/mol. The first-order valence-electron chi connectivity index (χ1n) is 9.97. The summed E-state index contributed by atoms with van der Waals surface area (Å²) in [5.41, 5.74) is 8.12. The fourth-order valence-electron chi connectivity index (χ4n) is 3.84. The molecule has 0 bridgehead atoms. The number of hydroxylamine groups is 1. The van der Waals surface area contributed by atoms with Crippen LogP contribution in [0.3, 0.4) is 0 Å². The van der Waals surface area contributed by atoms with Crippen LogP contribution in [0.2, 0.25) is 0 Å². The Hall–Kier alpha value is -2.77. The minimum atomic E-state index is 0.250. The van der Waals surface area contributed by atoms with E-state index in [-0.39, 0.29) is 6.61 Å². The molecule has 1 N–H and O–H groups in total. The lowest BCUT2D eigenvalue weighted by Gasteiger charge is -2.08.